The normalized spacial score (nSPS) is 22.6. The van der Waals surface area contributed by atoms with Crippen LogP contribution in [0.15, 0.2) is 54.6 Å². The molecule has 2 atom stereocenters. The van der Waals surface area contributed by atoms with Gasteiger partial charge in [-0.25, -0.2) is 4.39 Å². The highest BCUT2D eigenvalue weighted by molar-refractivity contribution is 5.75. The molecule has 0 spiro atoms. The van der Waals surface area contributed by atoms with Gasteiger partial charge >= 0.3 is 5.97 Å². The van der Waals surface area contributed by atoms with E-state index in [-0.39, 0.29) is 11.8 Å². The molecule has 1 aliphatic rings. The molecule has 2 unspecified atom stereocenters. The van der Waals surface area contributed by atoms with E-state index < -0.39 is 17.2 Å². The summed E-state index contributed by atoms with van der Waals surface area (Å²) in [6, 6.07) is 16.2. The maximum atomic E-state index is 13.4. The highest BCUT2D eigenvalue weighted by Crippen LogP contribution is 2.36. The SMILES string of the molecule is CC(C)(C)C(=O)OC1CC(OCc2ccccc2)(c2ccc(F)cc2)CN1. The van der Waals surface area contributed by atoms with Crippen LogP contribution in [0.3, 0.4) is 0 Å². The number of nitrogens with one attached hydrogen (secondary N) is 1. The molecule has 3 rings (SSSR count). The number of benzene rings is 2. The van der Waals surface area contributed by atoms with E-state index in [2.05, 4.69) is 5.32 Å². The Balaban J connectivity index is 1.79. The number of carbonyl (C=O) groups is 1. The first-order valence-corrected chi connectivity index (χ1v) is 9.17. The van der Waals surface area contributed by atoms with Gasteiger partial charge in [-0.05, 0) is 44.0 Å². The van der Waals surface area contributed by atoms with Crippen LogP contribution in [0.25, 0.3) is 0 Å². The number of esters is 1. The first-order valence-electron chi connectivity index (χ1n) is 9.17. The number of halogens is 1. The van der Waals surface area contributed by atoms with Crippen molar-refractivity contribution in [1.82, 2.24) is 5.32 Å². The summed E-state index contributed by atoms with van der Waals surface area (Å²) in [7, 11) is 0. The number of hydrogen-bond acceptors (Lipinski definition) is 4. The second kappa shape index (κ2) is 7.79. The summed E-state index contributed by atoms with van der Waals surface area (Å²) in [6.07, 6.45) is 0.0188. The summed E-state index contributed by atoms with van der Waals surface area (Å²) in [4.78, 5) is 12.2. The maximum Gasteiger partial charge on any atom is 0.312 e. The topological polar surface area (TPSA) is 47.6 Å². The molecule has 1 N–H and O–H groups in total. The molecule has 0 aliphatic carbocycles. The number of hydrogen-bond donors (Lipinski definition) is 1. The smallest absolute Gasteiger partial charge is 0.312 e. The lowest BCUT2D eigenvalue weighted by atomic mass is 9.92. The van der Waals surface area contributed by atoms with Crippen molar-refractivity contribution in [1.29, 1.82) is 0 Å². The van der Waals surface area contributed by atoms with Gasteiger partial charge in [0, 0.05) is 13.0 Å². The van der Waals surface area contributed by atoms with Crippen LogP contribution in [-0.4, -0.2) is 18.7 Å². The lowest BCUT2D eigenvalue weighted by Gasteiger charge is -2.30. The van der Waals surface area contributed by atoms with Crippen molar-refractivity contribution in [2.24, 2.45) is 5.41 Å². The van der Waals surface area contributed by atoms with Gasteiger partial charge in [0.25, 0.3) is 0 Å². The highest BCUT2D eigenvalue weighted by Gasteiger charge is 2.44. The van der Waals surface area contributed by atoms with E-state index in [1.54, 1.807) is 12.1 Å². The van der Waals surface area contributed by atoms with Crippen molar-refractivity contribution >= 4 is 5.97 Å². The average molecular weight is 371 g/mol. The minimum atomic E-state index is -0.688. The zero-order valence-electron chi connectivity index (χ0n) is 16.0. The summed E-state index contributed by atoms with van der Waals surface area (Å²) in [5, 5.41) is 3.24. The third kappa shape index (κ3) is 4.73. The van der Waals surface area contributed by atoms with E-state index in [4.69, 9.17) is 9.47 Å². The summed E-state index contributed by atoms with van der Waals surface area (Å²) < 4.78 is 25.4. The Hall–Kier alpha value is -2.24. The lowest BCUT2D eigenvalue weighted by Crippen LogP contribution is -2.33. The lowest BCUT2D eigenvalue weighted by molar-refractivity contribution is -0.160. The van der Waals surface area contributed by atoms with Crippen LogP contribution < -0.4 is 5.32 Å². The highest BCUT2D eigenvalue weighted by atomic mass is 19.1. The first-order chi connectivity index (χ1) is 12.8. The summed E-state index contributed by atoms with van der Waals surface area (Å²) in [5.74, 6) is -0.559. The van der Waals surface area contributed by atoms with Crippen molar-refractivity contribution in [3.8, 4) is 0 Å². The van der Waals surface area contributed by atoms with Crippen LogP contribution in [0.4, 0.5) is 4.39 Å². The molecule has 1 saturated heterocycles. The van der Waals surface area contributed by atoms with Gasteiger partial charge in [-0.2, -0.15) is 0 Å². The molecule has 1 heterocycles. The Labute approximate surface area is 159 Å². The third-order valence-corrected chi connectivity index (χ3v) is 4.72. The van der Waals surface area contributed by atoms with E-state index in [1.165, 1.54) is 12.1 Å². The summed E-state index contributed by atoms with van der Waals surface area (Å²) in [6.45, 7) is 6.36. The molecule has 27 heavy (non-hydrogen) atoms. The van der Waals surface area contributed by atoms with Gasteiger partial charge in [-0.3, -0.25) is 10.1 Å². The Bertz CT molecular complexity index is 770. The number of rotatable bonds is 5. The fraction of sp³-hybridized carbons (Fsp3) is 0.409. The van der Waals surface area contributed by atoms with Crippen LogP contribution in [0, 0.1) is 11.2 Å². The van der Waals surface area contributed by atoms with Gasteiger partial charge < -0.3 is 9.47 Å². The fourth-order valence-corrected chi connectivity index (χ4v) is 3.07. The van der Waals surface area contributed by atoms with Gasteiger partial charge in [0.15, 0.2) is 6.23 Å². The molecule has 0 radical (unpaired) electrons. The second-order valence-electron chi connectivity index (χ2n) is 8.00. The van der Waals surface area contributed by atoms with Crippen molar-refractivity contribution < 1.29 is 18.7 Å². The van der Waals surface area contributed by atoms with Gasteiger partial charge in [-0.15, -0.1) is 0 Å². The van der Waals surface area contributed by atoms with Crippen LogP contribution in [0.2, 0.25) is 0 Å². The first kappa shape index (κ1) is 19.5. The largest absolute Gasteiger partial charge is 0.446 e. The zero-order valence-corrected chi connectivity index (χ0v) is 16.0. The third-order valence-electron chi connectivity index (χ3n) is 4.72. The molecular formula is C22H26FNO3. The zero-order chi connectivity index (χ0) is 19.5. The van der Waals surface area contributed by atoms with E-state index in [1.807, 2.05) is 51.1 Å². The van der Waals surface area contributed by atoms with Crippen LogP contribution >= 0.6 is 0 Å². The van der Waals surface area contributed by atoms with Crippen molar-refractivity contribution in [2.45, 2.75) is 45.6 Å². The molecule has 2 aromatic rings. The van der Waals surface area contributed by atoms with Gasteiger partial charge in [0.2, 0.25) is 0 Å². The van der Waals surface area contributed by atoms with E-state index in [0.29, 0.717) is 19.6 Å². The summed E-state index contributed by atoms with van der Waals surface area (Å²) >= 11 is 0. The van der Waals surface area contributed by atoms with Crippen LogP contribution in [0.1, 0.15) is 38.3 Å². The molecule has 0 aromatic heterocycles. The predicted molar refractivity (Wildman–Crippen MR) is 101 cm³/mol. The summed E-state index contributed by atoms with van der Waals surface area (Å²) in [5.41, 5.74) is 0.649. The minimum Gasteiger partial charge on any atom is -0.446 e. The van der Waals surface area contributed by atoms with Crippen molar-refractivity contribution in [3.05, 3.63) is 71.5 Å². The minimum absolute atomic E-state index is 0.266. The molecule has 0 saturated carbocycles. The van der Waals surface area contributed by atoms with Crippen LogP contribution in [-0.2, 0) is 26.5 Å². The number of ether oxygens (including phenoxy) is 2. The van der Waals surface area contributed by atoms with Gasteiger partial charge in [0.1, 0.15) is 11.4 Å². The molecule has 0 bridgehead atoms. The van der Waals surface area contributed by atoms with E-state index in [0.717, 1.165) is 11.1 Å². The Kier molecular flexibility index (Phi) is 5.63. The number of carbonyl (C=O) groups excluding carboxylic acids is 1. The quantitative estimate of drug-likeness (QED) is 0.803. The molecule has 1 aliphatic heterocycles. The molecular weight excluding hydrogens is 345 g/mol. The maximum absolute atomic E-state index is 13.4. The van der Waals surface area contributed by atoms with Crippen molar-refractivity contribution in [3.63, 3.8) is 0 Å². The standard InChI is InChI=1S/C22H26FNO3/c1-21(2,3)20(25)27-19-13-22(15-24-19,17-9-11-18(23)12-10-17)26-14-16-7-5-4-6-8-16/h4-12,19,24H,13-15H2,1-3H3. The van der Waals surface area contributed by atoms with E-state index in [9.17, 15) is 9.18 Å². The average Bonchev–Trinajstić information content (AvgIpc) is 3.05. The Morgan fingerprint density at radius 3 is 2.44 bits per heavy atom. The monoisotopic (exact) mass is 371 g/mol. The molecule has 5 heteroatoms. The van der Waals surface area contributed by atoms with Crippen molar-refractivity contribution in [2.75, 3.05) is 6.54 Å². The Morgan fingerprint density at radius 1 is 1.15 bits per heavy atom. The fourth-order valence-electron chi connectivity index (χ4n) is 3.07. The molecule has 4 nitrogen and oxygen atoms in total. The molecule has 144 valence electrons. The van der Waals surface area contributed by atoms with Gasteiger partial charge in [-0.1, -0.05) is 42.5 Å². The molecule has 2 aromatic carbocycles. The molecule has 0 amide bonds. The second-order valence-corrected chi connectivity index (χ2v) is 8.00. The predicted octanol–water partition coefficient (Wildman–Crippen LogP) is 4.15. The van der Waals surface area contributed by atoms with Gasteiger partial charge in [0.05, 0.1) is 12.0 Å². The Morgan fingerprint density at radius 2 is 1.81 bits per heavy atom. The van der Waals surface area contributed by atoms with E-state index >= 15 is 0 Å². The molecule has 1 fully saturated rings. The van der Waals surface area contributed by atoms with Crippen LogP contribution in [0.5, 0.6) is 0 Å².